The van der Waals surface area contributed by atoms with E-state index in [1.54, 1.807) is 11.3 Å². The molecule has 1 heterocycles. The fourth-order valence-electron chi connectivity index (χ4n) is 2.15. The molecule has 0 amide bonds. The SMILES string of the molecule is CCNc1sc2c(c1C#N)CCCCC2. The van der Waals surface area contributed by atoms with Gasteiger partial charge in [0.25, 0.3) is 0 Å². The van der Waals surface area contributed by atoms with Gasteiger partial charge in [0.2, 0.25) is 0 Å². The molecule has 3 heteroatoms. The molecule has 0 fully saturated rings. The van der Waals surface area contributed by atoms with Gasteiger partial charge in [0.15, 0.2) is 0 Å². The summed E-state index contributed by atoms with van der Waals surface area (Å²) in [4.78, 5) is 1.44. The summed E-state index contributed by atoms with van der Waals surface area (Å²) in [6.45, 7) is 2.97. The number of fused-ring (bicyclic) bond motifs is 1. The molecule has 2 nitrogen and oxygen atoms in total. The molecule has 0 aromatic carbocycles. The van der Waals surface area contributed by atoms with Crippen molar-refractivity contribution in [3.8, 4) is 6.07 Å². The first-order valence-corrected chi connectivity index (χ1v) is 6.47. The van der Waals surface area contributed by atoms with Crippen molar-refractivity contribution < 1.29 is 0 Å². The third kappa shape index (κ3) is 2.00. The molecule has 0 radical (unpaired) electrons. The number of nitriles is 1. The Labute approximate surface area is 94.9 Å². The van der Waals surface area contributed by atoms with Crippen LogP contribution in [0.25, 0.3) is 0 Å². The van der Waals surface area contributed by atoms with Gasteiger partial charge in [-0.2, -0.15) is 5.26 Å². The Morgan fingerprint density at radius 2 is 2.13 bits per heavy atom. The van der Waals surface area contributed by atoms with E-state index in [0.29, 0.717) is 0 Å². The standard InChI is InChI=1S/C12H16N2S/c1-2-14-12-10(8-13)9-6-4-3-5-7-11(9)15-12/h14H,2-7H2,1H3. The Balaban J connectivity index is 2.39. The maximum atomic E-state index is 9.20. The summed E-state index contributed by atoms with van der Waals surface area (Å²) in [7, 11) is 0. The van der Waals surface area contributed by atoms with E-state index >= 15 is 0 Å². The van der Waals surface area contributed by atoms with Gasteiger partial charge in [-0.15, -0.1) is 11.3 Å². The summed E-state index contributed by atoms with van der Waals surface area (Å²) in [6, 6.07) is 2.36. The molecule has 1 aliphatic carbocycles. The summed E-state index contributed by atoms with van der Waals surface area (Å²) in [5.41, 5.74) is 2.25. The maximum absolute atomic E-state index is 9.20. The van der Waals surface area contributed by atoms with Crippen molar-refractivity contribution in [2.24, 2.45) is 0 Å². The second-order valence-electron chi connectivity index (χ2n) is 3.91. The third-order valence-corrected chi connectivity index (χ3v) is 4.12. The summed E-state index contributed by atoms with van der Waals surface area (Å²) < 4.78 is 0. The highest BCUT2D eigenvalue weighted by atomic mass is 32.1. The molecular formula is C12H16N2S. The van der Waals surface area contributed by atoms with Gasteiger partial charge in [0.1, 0.15) is 11.1 Å². The maximum Gasteiger partial charge on any atom is 0.107 e. The van der Waals surface area contributed by atoms with Crippen LogP contribution in [0.5, 0.6) is 0 Å². The number of hydrogen-bond donors (Lipinski definition) is 1. The van der Waals surface area contributed by atoms with E-state index < -0.39 is 0 Å². The topological polar surface area (TPSA) is 35.8 Å². The minimum Gasteiger partial charge on any atom is -0.376 e. The third-order valence-electron chi connectivity index (χ3n) is 2.87. The molecule has 0 aliphatic heterocycles. The summed E-state index contributed by atoms with van der Waals surface area (Å²) in [6.07, 6.45) is 6.09. The van der Waals surface area contributed by atoms with Gasteiger partial charge in [0, 0.05) is 11.4 Å². The Morgan fingerprint density at radius 3 is 2.87 bits per heavy atom. The van der Waals surface area contributed by atoms with E-state index in [-0.39, 0.29) is 0 Å². The molecule has 2 rings (SSSR count). The Kier molecular flexibility index (Phi) is 3.27. The highest BCUT2D eigenvalue weighted by Crippen LogP contribution is 2.36. The van der Waals surface area contributed by atoms with Crippen molar-refractivity contribution in [2.75, 3.05) is 11.9 Å². The predicted molar refractivity (Wildman–Crippen MR) is 64.5 cm³/mol. The number of hydrogen-bond acceptors (Lipinski definition) is 3. The second-order valence-corrected chi connectivity index (χ2v) is 5.02. The van der Waals surface area contributed by atoms with Crippen LogP contribution in [-0.4, -0.2) is 6.54 Å². The van der Waals surface area contributed by atoms with Crippen LogP contribution in [0.3, 0.4) is 0 Å². The second kappa shape index (κ2) is 4.67. The highest BCUT2D eigenvalue weighted by Gasteiger charge is 2.18. The van der Waals surface area contributed by atoms with E-state index in [1.807, 2.05) is 0 Å². The molecule has 0 saturated carbocycles. The van der Waals surface area contributed by atoms with Crippen molar-refractivity contribution in [2.45, 2.75) is 39.0 Å². The molecule has 0 bridgehead atoms. The highest BCUT2D eigenvalue weighted by molar-refractivity contribution is 7.16. The van der Waals surface area contributed by atoms with Crippen LogP contribution in [0.15, 0.2) is 0 Å². The predicted octanol–water partition coefficient (Wildman–Crippen LogP) is 3.32. The van der Waals surface area contributed by atoms with Crippen LogP contribution in [0.1, 0.15) is 42.2 Å². The smallest absolute Gasteiger partial charge is 0.107 e. The van der Waals surface area contributed by atoms with E-state index in [4.69, 9.17) is 0 Å². The van der Waals surface area contributed by atoms with E-state index in [9.17, 15) is 5.26 Å². The summed E-state index contributed by atoms with van der Waals surface area (Å²) in [5, 5.41) is 13.6. The van der Waals surface area contributed by atoms with Gasteiger partial charge in [-0.25, -0.2) is 0 Å². The van der Waals surface area contributed by atoms with Gasteiger partial charge in [-0.1, -0.05) is 6.42 Å². The van der Waals surface area contributed by atoms with Crippen molar-refractivity contribution in [3.63, 3.8) is 0 Å². The monoisotopic (exact) mass is 220 g/mol. The number of thiophene rings is 1. The average molecular weight is 220 g/mol. The molecule has 1 aliphatic rings. The van der Waals surface area contributed by atoms with Gasteiger partial charge < -0.3 is 5.32 Å². The number of nitrogens with one attached hydrogen (secondary N) is 1. The lowest BCUT2D eigenvalue weighted by Gasteiger charge is -2.00. The zero-order valence-corrected chi connectivity index (χ0v) is 9.91. The van der Waals surface area contributed by atoms with Crippen LogP contribution in [0, 0.1) is 11.3 Å². The fourth-order valence-corrected chi connectivity index (χ4v) is 3.45. The van der Waals surface area contributed by atoms with E-state index in [0.717, 1.165) is 23.5 Å². The Hall–Kier alpha value is -1.01. The van der Waals surface area contributed by atoms with Gasteiger partial charge >= 0.3 is 0 Å². The Bertz CT molecular complexity index is 387. The number of nitrogens with zero attached hydrogens (tertiary/aromatic N) is 1. The molecule has 80 valence electrons. The minimum absolute atomic E-state index is 0.897. The zero-order valence-electron chi connectivity index (χ0n) is 9.10. The molecule has 0 spiro atoms. The Morgan fingerprint density at radius 1 is 1.33 bits per heavy atom. The van der Waals surface area contributed by atoms with Crippen molar-refractivity contribution in [1.29, 1.82) is 5.26 Å². The molecule has 0 atom stereocenters. The zero-order chi connectivity index (χ0) is 10.7. The van der Waals surface area contributed by atoms with E-state index in [2.05, 4.69) is 18.3 Å². The van der Waals surface area contributed by atoms with Crippen molar-refractivity contribution >= 4 is 16.3 Å². The molecule has 1 N–H and O–H groups in total. The first kappa shape index (κ1) is 10.5. The lowest BCUT2D eigenvalue weighted by atomic mass is 10.1. The molecular weight excluding hydrogens is 204 g/mol. The lowest BCUT2D eigenvalue weighted by Crippen LogP contribution is -1.96. The largest absolute Gasteiger partial charge is 0.376 e. The van der Waals surface area contributed by atoms with Gasteiger partial charge in [-0.3, -0.25) is 0 Å². The van der Waals surface area contributed by atoms with Crippen LogP contribution < -0.4 is 5.32 Å². The fraction of sp³-hybridized carbons (Fsp3) is 0.583. The quantitative estimate of drug-likeness (QED) is 0.776. The van der Waals surface area contributed by atoms with Crippen LogP contribution in [0.4, 0.5) is 5.00 Å². The molecule has 0 unspecified atom stereocenters. The van der Waals surface area contributed by atoms with Crippen LogP contribution in [0.2, 0.25) is 0 Å². The first-order valence-electron chi connectivity index (χ1n) is 5.65. The summed E-state index contributed by atoms with van der Waals surface area (Å²) in [5.74, 6) is 0. The molecule has 1 aromatic rings. The van der Waals surface area contributed by atoms with Crippen LogP contribution in [-0.2, 0) is 12.8 Å². The minimum atomic E-state index is 0.897. The lowest BCUT2D eigenvalue weighted by molar-refractivity contribution is 0.712. The van der Waals surface area contributed by atoms with Crippen molar-refractivity contribution in [1.82, 2.24) is 0 Å². The number of aryl methyl sites for hydroxylation is 1. The van der Waals surface area contributed by atoms with E-state index in [1.165, 1.54) is 36.1 Å². The molecule has 15 heavy (non-hydrogen) atoms. The average Bonchev–Trinajstić information content (AvgIpc) is 2.43. The van der Waals surface area contributed by atoms with Gasteiger partial charge in [-0.05, 0) is 38.2 Å². The van der Waals surface area contributed by atoms with Crippen molar-refractivity contribution in [3.05, 3.63) is 16.0 Å². The van der Waals surface area contributed by atoms with Crippen LogP contribution >= 0.6 is 11.3 Å². The van der Waals surface area contributed by atoms with Gasteiger partial charge in [0.05, 0.1) is 5.56 Å². The summed E-state index contributed by atoms with van der Waals surface area (Å²) >= 11 is 1.79. The normalized spacial score (nSPS) is 15.2. The first-order chi connectivity index (χ1) is 7.36. The number of rotatable bonds is 2. The molecule has 0 saturated heterocycles. The molecule has 1 aromatic heterocycles. The number of anilines is 1.